The highest BCUT2D eigenvalue weighted by molar-refractivity contribution is 7.11. The van der Waals surface area contributed by atoms with Crippen LogP contribution in [0.2, 0.25) is 0 Å². The first kappa shape index (κ1) is 14.7. The predicted molar refractivity (Wildman–Crippen MR) is 82.8 cm³/mol. The van der Waals surface area contributed by atoms with Gasteiger partial charge in [0.15, 0.2) is 0 Å². The van der Waals surface area contributed by atoms with Gasteiger partial charge >= 0.3 is 0 Å². The molecule has 0 saturated carbocycles. The number of carbonyl (C=O) groups excluding carboxylic acids is 1. The quantitative estimate of drug-likeness (QED) is 0.881. The molecule has 0 fully saturated rings. The average Bonchev–Trinajstić information content (AvgIpc) is 2.89. The molecule has 1 heterocycles. The number of aryl methyl sites for hydroxylation is 1. The fourth-order valence-corrected chi connectivity index (χ4v) is 2.94. The SMILES string of the molecule is CCCC(C(=O)NCc1cnc(C)s1)c1ccccc1. The molecule has 4 heteroatoms. The third-order valence-electron chi connectivity index (χ3n) is 3.20. The van der Waals surface area contributed by atoms with Gasteiger partial charge < -0.3 is 5.32 Å². The van der Waals surface area contributed by atoms with Crippen molar-refractivity contribution in [1.29, 1.82) is 0 Å². The number of nitrogens with zero attached hydrogens (tertiary/aromatic N) is 1. The topological polar surface area (TPSA) is 42.0 Å². The maximum Gasteiger partial charge on any atom is 0.227 e. The van der Waals surface area contributed by atoms with Crippen LogP contribution in [0.1, 0.15) is 41.1 Å². The van der Waals surface area contributed by atoms with Gasteiger partial charge in [0.05, 0.1) is 17.5 Å². The van der Waals surface area contributed by atoms with Gasteiger partial charge in [-0.3, -0.25) is 4.79 Å². The van der Waals surface area contributed by atoms with Gasteiger partial charge in [-0.25, -0.2) is 4.98 Å². The van der Waals surface area contributed by atoms with E-state index in [0.717, 1.165) is 28.3 Å². The van der Waals surface area contributed by atoms with Crippen molar-refractivity contribution in [2.45, 2.75) is 39.2 Å². The summed E-state index contributed by atoms with van der Waals surface area (Å²) in [5, 5.41) is 4.06. The Balaban J connectivity index is 2.00. The van der Waals surface area contributed by atoms with Crippen LogP contribution in [0.4, 0.5) is 0 Å². The summed E-state index contributed by atoms with van der Waals surface area (Å²) in [5.74, 6) is 0.0410. The molecule has 0 aliphatic heterocycles. The normalized spacial score (nSPS) is 12.1. The highest BCUT2D eigenvalue weighted by Gasteiger charge is 2.19. The van der Waals surface area contributed by atoms with Gasteiger partial charge in [0.25, 0.3) is 0 Å². The Morgan fingerprint density at radius 3 is 2.70 bits per heavy atom. The van der Waals surface area contributed by atoms with E-state index in [4.69, 9.17) is 0 Å². The molecule has 2 rings (SSSR count). The van der Waals surface area contributed by atoms with E-state index in [2.05, 4.69) is 17.2 Å². The Kier molecular flexibility index (Phi) is 5.30. The lowest BCUT2D eigenvalue weighted by Crippen LogP contribution is -2.28. The van der Waals surface area contributed by atoms with Gasteiger partial charge in [0, 0.05) is 11.1 Å². The molecular formula is C16H20N2OS. The number of rotatable bonds is 6. The standard InChI is InChI=1S/C16H20N2OS/c1-3-7-15(13-8-5-4-6-9-13)16(19)18-11-14-10-17-12(2)20-14/h4-6,8-10,15H,3,7,11H2,1-2H3,(H,18,19). The van der Waals surface area contributed by atoms with Crippen LogP contribution in [-0.4, -0.2) is 10.9 Å². The molecule has 0 bridgehead atoms. The lowest BCUT2D eigenvalue weighted by atomic mass is 9.94. The molecule has 1 aromatic carbocycles. The number of nitrogens with one attached hydrogen (secondary N) is 1. The molecule has 2 aromatic rings. The highest BCUT2D eigenvalue weighted by Crippen LogP contribution is 2.21. The van der Waals surface area contributed by atoms with Crippen LogP contribution in [-0.2, 0) is 11.3 Å². The van der Waals surface area contributed by atoms with E-state index >= 15 is 0 Å². The molecule has 106 valence electrons. The van der Waals surface area contributed by atoms with Crippen LogP contribution in [0.15, 0.2) is 36.5 Å². The summed E-state index contributed by atoms with van der Waals surface area (Å²) >= 11 is 1.62. The van der Waals surface area contributed by atoms with Crippen molar-refractivity contribution in [3.63, 3.8) is 0 Å². The first-order chi connectivity index (χ1) is 9.70. The van der Waals surface area contributed by atoms with Crippen molar-refractivity contribution < 1.29 is 4.79 Å². The Morgan fingerprint density at radius 2 is 2.10 bits per heavy atom. The van der Waals surface area contributed by atoms with E-state index in [1.165, 1.54) is 0 Å². The third kappa shape index (κ3) is 3.90. The minimum Gasteiger partial charge on any atom is -0.351 e. The van der Waals surface area contributed by atoms with Crippen LogP contribution in [0.5, 0.6) is 0 Å². The number of hydrogen-bond acceptors (Lipinski definition) is 3. The lowest BCUT2D eigenvalue weighted by Gasteiger charge is -2.16. The monoisotopic (exact) mass is 288 g/mol. The highest BCUT2D eigenvalue weighted by atomic mass is 32.1. The van der Waals surface area contributed by atoms with Crippen molar-refractivity contribution in [2.75, 3.05) is 0 Å². The summed E-state index contributed by atoms with van der Waals surface area (Å²) in [6.07, 6.45) is 3.70. The lowest BCUT2D eigenvalue weighted by molar-refractivity contribution is -0.122. The van der Waals surface area contributed by atoms with Gasteiger partial charge in [-0.2, -0.15) is 0 Å². The van der Waals surface area contributed by atoms with Crippen LogP contribution >= 0.6 is 11.3 Å². The van der Waals surface area contributed by atoms with Crippen LogP contribution in [0.3, 0.4) is 0 Å². The molecule has 0 aliphatic rings. The first-order valence-corrected chi connectivity index (χ1v) is 7.76. The molecule has 1 unspecified atom stereocenters. The Morgan fingerprint density at radius 1 is 1.35 bits per heavy atom. The van der Waals surface area contributed by atoms with Gasteiger partial charge in [0.2, 0.25) is 5.91 Å². The summed E-state index contributed by atoms with van der Waals surface area (Å²) < 4.78 is 0. The largest absolute Gasteiger partial charge is 0.351 e. The maximum atomic E-state index is 12.4. The minimum atomic E-state index is -0.0600. The molecule has 0 saturated heterocycles. The van der Waals surface area contributed by atoms with E-state index in [1.54, 1.807) is 11.3 Å². The summed E-state index contributed by atoms with van der Waals surface area (Å²) in [6.45, 7) is 4.65. The van der Waals surface area contributed by atoms with E-state index in [9.17, 15) is 4.79 Å². The molecular weight excluding hydrogens is 268 g/mol. The smallest absolute Gasteiger partial charge is 0.227 e. The zero-order valence-electron chi connectivity index (χ0n) is 11.9. The van der Waals surface area contributed by atoms with Crippen molar-refractivity contribution in [3.05, 3.63) is 52.0 Å². The van der Waals surface area contributed by atoms with Gasteiger partial charge in [-0.05, 0) is 18.9 Å². The number of thiazole rings is 1. The van der Waals surface area contributed by atoms with Gasteiger partial charge in [0.1, 0.15) is 0 Å². The molecule has 1 N–H and O–H groups in total. The van der Waals surface area contributed by atoms with E-state index in [-0.39, 0.29) is 11.8 Å². The van der Waals surface area contributed by atoms with Gasteiger partial charge in [-0.1, -0.05) is 43.7 Å². The Hall–Kier alpha value is -1.68. The Bertz CT molecular complexity index is 551. The molecule has 1 amide bonds. The summed E-state index contributed by atoms with van der Waals surface area (Å²) in [7, 11) is 0. The summed E-state index contributed by atoms with van der Waals surface area (Å²) in [5.41, 5.74) is 1.09. The molecule has 1 atom stereocenters. The minimum absolute atomic E-state index is 0.0600. The van der Waals surface area contributed by atoms with Crippen molar-refractivity contribution in [2.24, 2.45) is 0 Å². The van der Waals surface area contributed by atoms with E-state index < -0.39 is 0 Å². The van der Waals surface area contributed by atoms with Crippen LogP contribution < -0.4 is 5.32 Å². The van der Waals surface area contributed by atoms with Gasteiger partial charge in [-0.15, -0.1) is 11.3 Å². The maximum absolute atomic E-state index is 12.4. The molecule has 1 aromatic heterocycles. The van der Waals surface area contributed by atoms with Crippen molar-refractivity contribution in [1.82, 2.24) is 10.3 Å². The average molecular weight is 288 g/mol. The van der Waals surface area contributed by atoms with Crippen molar-refractivity contribution in [3.8, 4) is 0 Å². The van der Waals surface area contributed by atoms with E-state index in [1.807, 2.05) is 43.5 Å². The molecule has 0 radical (unpaired) electrons. The predicted octanol–water partition coefficient (Wildman–Crippen LogP) is 3.65. The number of carbonyl (C=O) groups is 1. The molecule has 3 nitrogen and oxygen atoms in total. The second kappa shape index (κ2) is 7.20. The second-order valence-corrected chi connectivity index (χ2v) is 6.13. The number of amides is 1. The first-order valence-electron chi connectivity index (χ1n) is 6.94. The summed E-state index contributed by atoms with van der Waals surface area (Å²) in [6, 6.07) is 9.99. The van der Waals surface area contributed by atoms with E-state index in [0.29, 0.717) is 6.54 Å². The third-order valence-corrected chi connectivity index (χ3v) is 4.11. The molecule has 0 aliphatic carbocycles. The number of hydrogen-bond donors (Lipinski definition) is 1. The van der Waals surface area contributed by atoms with Crippen LogP contribution in [0, 0.1) is 6.92 Å². The second-order valence-electron chi connectivity index (χ2n) is 4.82. The Labute approximate surface area is 124 Å². The summed E-state index contributed by atoms with van der Waals surface area (Å²) in [4.78, 5) is 17.7. The molecule has 20 heavy (non-hydrogen) atoms. The fourth-order valence-electron chi connectivity index (χ4n) is 2.21. The van der Waals surface area contributed by atoms with Crippen molar-refractivity contribution >= 4 is 17.2 Å². The zero-order chi connectivity index (χ0) is 14.4. The fraction of sp³-hybridized carbons (Fsp3) is 0.375. The molecule has 0 spiro atoms. The van der Waals surface area contributed by atoms with Crippen LogP contribution in [0.25, 0.3) is 0 Å². The number of aromatic nitrogens is 1. The number of benzene rings is 1. The zero-order valence-corrected chi connectivity index (χ0v) is 12.7.